The van der Waals surface area contributed by atoms with Gasteiger partial charge in [-0.1, -0.05) is 35.3 Å². The van der Waals surface area contributed by atoms with Crippen molar-refractivity contribution >= 4 is 41.5 Å². The van der Waals surface area contributed by atoms with Crippen LogP contribution in [0.1, 0.15) is 12.5 Å². The number of nitrogens with zero attached hydrogens (tertiary/aromatic N) is 1. The van der Waals surface area contributed by atoms with Gasteiger partial charge in [-0.15, -0.1) is 12.4 Å². The van der Waals surface area contributed by atoms with E-state index in [1.54, 1.807) is 6.07 Å². The maximum atomic E-state index is 12.0. The number of nitrogens with one attached hydrogen (secondary N) is 2. The third-order valence-corrected chi connectivity index (χ3v) is 4.59. The second kappa shape index (κ2) is 9.58. The molecule has 1 aromatic rings. The topological polar surface area (TPSA) is 44.4 Å². The number of carbonyl (C=O) groups excluding carboxylic acids is 1. The zero-order valence-electron chi connectivity index (χ0n) is 12.6. The van der Waals surface area contributed by atoms with Crippen LogP contribution in [0.3, 0.4) is 0 Å². The van der Waals surface area contributed by atoms with E-state index in [2.05, 4.69) is 22.5 Å². The van der Waals surface area contributed by atoms with E-state index in [0.717, 1.165) is 25.2 Å². The maximum absolute atomic E-state index is 12.0. The molecule has 4 nitrogen and oxygen atoms in total. The SMILES string of the molecule is C[C@@H]1CNCCN1CC(=O)NCCc1cccc(Cl)c1Cl.Cl. The summed E-state index contributed by atoms with van der Waals surface area (Å²) in [6.07, 6.45) is 0.683. The van der Waals surface area contributed by atoms with Gasteiger partial charge in [-0.05, 0) is 25.0 Å². The molecule has 1 fully saturated rings. The number of amides is 1. The van der Waals surface area contributed by atoms with Crippen molar-refractivity contribution in [2.45, 2.75) is 19.4 Å². The van der Waals surface area contributed by atoms with Crippen LogP contribution in [0.2, 0.25) is 10.0 Å². The summed E-state index contributed by atoms with van der Waals surface area (Å²) in [7, 11) is 0. The molecule has 0 unspecified atom stereocenters. The van der Waals surface area contributed by atoms with E-state index in [9.17, 15) is 4.79 Å². The lowest BCUT2D eigenvalue weighted by atomic mass is 10.1. The highest BCUT2D eigenvalue weighted by Crippen LogP contribution is 2.25. The Bertz CT molecular complexity index is 499. The number of halogens is 3. The number of benzene rings is 1. The number of piperazine rings is 1. The Labute approximate surface area is 147 Å². The van der Waals surface area contributed by atoms with Crippen LogP contribution in [-0.4, -0.2) is 49.6 Å². The van der Waals surface area contributed by atoms with Crippen molar-refractivity contribution in [3.63, 3.8) is 0 Å². The van der Waals surface area contributed by atoms with E-state index < -0.39 is 0 Å². The predicted molar refractivity (Wildman–Crippen MR) is 94.3 cm³/mol. The molecule has 0 aliphatic carbocycles. The first-order valence-electron chi connectivity index (χ1n) is 7.22. The van der Waals surface area contributed by atoms with Crippen molar-refractivity contribution in [1.29, 1.82) is 0 Å². The van der Waals surface area contributed by atoms with Gasteiger partial charge < -0.3 is 10.6 Å². The van der Waals surface area contributed by atoms with Crippen LogP contribution >= 0.6 is 35.6 Å². The zero-order valence-corrected chi connectivity index (χ0v) is 14.9. The van der Waals surface area contributed by atoms with Gasteiger partial charge in [-0.2, -0.15) is 0 Å². The van der Waals surface area contributed by atoms with Gasteiger partial charge in [0.1, 0.15) is 0 Å². The maximum Gasteiger partial charge on any atom is 0.234 e. The van der Waals surface area contributed by atoms with E-state index >= 15 is 0 Å². The van der Waals surface area contributed by atoms with Crippen molar-refractivity contribution < 1.29 is 4.79 Å². The molecule has 1 saturated heterocycles. The highest BCUT2D eigenvalue weighted by molar-refractivity contribution is 6.42. The summed E-state index contributed by atoms with van der Waals surface area (Å²) >= 11 is 12.1. The molecule has 0 spiro atoms. The summed E-state index contributed by atoms with van der Waals surface area (Å²) in [5.41, 5.74) is 0.958. The number of hydrogen-bond acceptors (Lipinski definition) is 3. The first-order chi connectivity index (χ1) is 10.1. The van der Waals surface area contributed by atoms with Gasteiger partial charge >= 0.3 is 0 Å². The van der Waals surface area contributed by atoms with E-state index in [4.69, 9.17) is 23.2 Å². The van der Waals surface area contributed by atoms with Crippen LogP contribution in [0.15, 0.2) is 18.2 Å². The molecule has 1 aromatic carbocycles. The first kappa shape index (κ1) is 19.5. The third-order valence-electron chi connectivity index (χ3n) is 3.73. The highest BCUT2D eigenvalue weighted by atomic mass is 35.5. The normalized spacial score (nSPS) is 18.6. The largest absolute Gasteiger partial charge is 0.355 e. The quantitative estimate of drug-likeness (QED) is 0.841. The lowest BCUT2D eigenvalue weighted by molar-refractivity contribution is -0.122. The first-order valence-corrected chi connectivity index (χ1v) is 7.98. The predicted octanol–water partition coefficient (Wildman–Crippen LogP) is 2.37. The van der Waals surface area contributed by atoms with Gasteiger partial charge in [-0.3, -0.25) is 9.69 Å². The molecule has 22 heavy (non-hydrogen) atoms. The average Bonchev–Trinajstić information content (AvgIpc) is 2.46. The Hall–Kier alpha value is -0.520. The fourth-order valence-electron chi connectivity index (χ4n) is 2.44. The van der Waals surface area contributed by atoms with Gasteiger partial charge in [-0.25, -0.2) is 0 Å². The molecule has 0 aromatic heterocycles. The van der Waals surface area contributed by atoms with Gasteiger partial charge in [0.25, 0.3) is 0 Å². The summed E-state index contributed by atoms with van der Waals surface area (Å²) in [6.45, 7) is 5.94. The monoisotopic (exact) mass is 365 g/mol. The fraction of sp³-hybridized carbons (Fsp3) is 0.533. The van der Waals surface area contributed by atoms with Crippen molar-refractivity contribution in [3.05, 3.63) is 33.8 Å². The summed E-state index contributed by atoms with van der Waals surface area (Å²) in [5.74, 6) is 0.0573. The minimum Gasteiger partial charge on any atom is -0.355 e. The van der Waals surface area contributed by atoms with E-state index in [-0.39, 0.29) is 18.3 Å². The summed E-state index contributed by atoms with van der Waals surface area (Å²) in [6, 6.07) is 5.96. The Morgan fingerprint density at radius 1 is 1.45 bits per heavy atom. The second-order valence-corrected chi connectivity index (χ2v) is 6.12. The third kappa shape index (κ3) is 5.60. The second-order valence-electron chi connectivity index (χ2n) is 5.34. The number of hydrogen-bond donors (Lipinski definition) is 2. The minimum atomic E-state index is 0. The molecule has 1 aliphatic rings. The minimum absolute atomic E-state index is 0. The van der Waals surface area contributed by atoms with E-state index in [1.165, 1.54) is 0 Å². The molecular formula is C15H22Cl3N3O. The smallest absolute Gasteiger partial charge is 0.234 e. The zero-order chi connectivity index (χ0) is 15.2. The molecular weight excluding hydrogens is 345 g/mol. The Morgan fingerprint density at radius 2 is 2.23 bits per heavy atom. The van der Waals surface area contributed by atoms with Gasteiger partial charge in [0.15, 0.2) is 0 Å². The molecule has 1 amide bonds. The van der Waals surface area contributed by atoms with Crippen LogP contribution in [0.4, 0.5) is 0 Å². The Balaban J connectivity index is 0.00000242. The lowest BCUT2D eigenvalue weighted by Crippen LogP contribution is -2.52. The van der Waals surface area contributed by atoms with Crippen molar-refractivity contribution in [2.75, 3.05) is 32.7 Å². The summed E-state index contributed by atoms with van der Waals surface area (Å²) < 4.78 is 0. The van der Waals surface area contributed by atoms with Crippen LogP contribution < -0.4 is 10.6 Å². The molecule has 124 valence electrons. The molecule has 2 N–H and O–H groups in total. The molecule has 0 bridgehead atoms. The molecule has 0 radical (unpaired) electrons. The number of rotatable bonds is 5. The van der Waals surface area contributed by atoms with Gasteiger partial charge in [0, 0.05) is 32.2 Å². The molecule has 2 rings (SSSR count). The molecule has 1 heterocycles. The number of carbonyl (C=O) groups is 1. The van der Waals surface area contributed by atoms with Gasteiger partial charge in [0.2, 0.25) is 5.91 Å². The van der Waals surface area contributed by atoms with Crippen LogP contribution in [0.25, 0.3) is 0 Å². The van der Waals surface area contributed by atoms with E-state index in [1.807, 2.05) is 12.1 Å². The lowest BCUT2D eigenvalue weighted by Gasteiger charge is -2.33. The molecule has 1 atom stereocenters. The van der Waals surface area contributed by atoms with Crippen molar-refractivity contribution in [3.8, 4) is 0 Å². The van der Waals surface area contributed by atoms with E-state index in [0.29, 0.717) is 35.6 Å². The Morgan fingerprint density at radius 3 is 2.95 bits per heavy atom. The van der Waals surface area contributed by atoms with Crippen molar-refractivity contribution in [1.82, 2.24) is 15.5 Å². The molecule has 1 aliphatic heterocycles. The van der Waals surface area contributed by atoms with Crippen LogP contribution in [0.5, 0.6) is 0 Å². The highest BCUT2D eigenvalue weighted by Gasteiger charge is 2.19. The standard InChI is InChI=1S/C15H21Cl2N3O.ClH/c1-11-9-18-7-8-20(11)10-14(21)19-6-5-12-3-2-4-13(16)15(12)17;/h2-4,11,18H,5-10H2,1H3,(H,19,21);1H/t11-;/m1./s1. The van der Waals surface area contributed by atoms with Crippen LogP contribution in [0, 0.1) is 0 Å². The van der Waals surface area contributed by atoms with Gasteiger partial charge in [0.05, 0.1) is 16.6 Å². The summed E-state index contributed by atoms with van der Waals surface area (Å²) in [5, 5.41) is 7.38. The summed E-state index contributed by atoms with van der Waals surface area (Å²) in [4.78, 5) is 14.2. The Kier molecular flexibility index (Phi) is 8.50. The molecule has 0 saturated carbocycles. The van der Waals surface area contributed by atoms with Crippen LogP contribution in [-0.2, 0) is 11.2 Å². The average molecular weight is 367 g/mol. The fourth-order valence-corrected chi connectivity index (χ4v) is 2.85. The molecule has 7 heteroatoms. The van der Waals surface area contributed by atoms with Crippen molar-refractivity contribution in [2.24, 2.45) is 0 Å².